The lowest BCUT2D eigenvalue weighted by atomic mass is 9.93. The first-order valence-corrected chi connectivity index (χ1v) is 6.93. The zero-order valence-corrected chi connectivity index (χ0v) is 12.1. The van der Waals surface area contributed by atoms with Gasteiger partial charge in [-0.25, -0.2) is 4.98 Å². The van der Waals surface area contributed by atoms with E-state index in [-0.39, 0.29) is 11.5 Å². The standard InChI is InChI=1S/C14H19N3S/c1-14(2,3)11-9-18-13(17-11)12(15-4)10-6-5-7-16-8-10/h5-9,12,15H,1-4H3. The molecule has 4 heteroatoms. The van der Waals surface area contributed by atoms with Crippen LogP contribution in [0.15, 0.2) is 29.9 Å². The summed E-state index contributed by atoms with van der Waals surface area (Å²) in [5.41, 5.74) is 2.39. The fourth-order valence-electron chi connectivity index (χ4n) is 1.74. The highest BCUT2D eigenvalue weighted by atomic mass is 32.1. The summed E-state index contributed by atoms with van der Waals surface area (Å²) in [6.07, 6.45) is 3.68. The summed E-state index contributed by atoms with van der Waals surface area (Å²) in [4.78, 5) is 8.93. The Labute approximate surface area is 112 Å². The van der Waals surface area contributed by atoms with Gasteiger partial charge in [0.25, 0.3) is 0 Å². The fraction of sp³-hybridized carbons (Fsp3) is 0.429. The van der Waals surface area contributed by atoms with Crippen molar-refractivity contribution in [2.45, 2.75) is 32.2 Å². The van der Waals surface area contributed by atoms with Gasteiger partial charge in [-0.2, -0.15) is 0 Å². The highest BCUT2D eigenvalue weighted by molar-refractivity contribution is 7.09. The minimum Gasteiger partial charge on any atom is -0.307 e. The Bertz CT molecular complexity index is 499. The van der Waals surface area contributed by atoms with Crippen LogP contribution < -0.4 is 5.32 Å². The molecule has 1 unspecified atom stereocenters. The van der Waals surface area contributed by atoms with E-state index in [9.17, 15) is 0 Å². The van der Waals surface area contributed by atoms with Crippen LogP contribution in [-0.2, 0) is 5.41 Å². The van der Waals surface area contributed by atoms with E-state index in [1.807, 2.05) is 19.3 Å². The van der Waals surface area contributed by atoms with E-state index in [0.717, 1.165) is 16.3 Å². The molecular formula is C14H19N3S. The second-order valence-corrected chi connectivity index (χ2v) is 6.22. The lowest BCUT2D eigenvalue weighted by Crippen LogP contribution is -2.18. The Morgan fingerprint density at radius 2 is 2.11 bits per heavy atom. The lowest BCUT2D eigenvalue weighted by molar-refractivity contribution is 0.566. The third kappa shape index (κ3) is 2.76. The second kappa shape index (κ2) is 5.16. The van der Waals surface area contributed by atoms with Crippen LogP contribution in [0.1, 0.15) is 43.1 Å². The van der Waals surface area contributed by atoms with Gasteiger partial charge >= 0.3 is 0 Å². The minimum absolute atomic E-state index is 0.0992. The molecule has 96 valence electrons. The molecule has 2 rings (SSSR count). The van der Waals surface area contributed by atoms with Gasteiger partial charge in [0.15, 0.2) is 0 Å². The normalized spacial score (nSPS) is 13.6. The van der Waals surface area contributed by atoms with Gasteiger partial charge in [0.2, 0.25) is 0 Å². The number of pyridine rings is 1. The highest BCUT2D eigenvalue weighted by Crippen LogP contribution is 2.29. The molecule has 0 bridgehead atoms. The molecule has 0 aliphatic heterocycles. The van der Waals surface area contributed by atoms with E-state index < -0.39 is 0 Å². The Hall–Kier alpha value is -1.26. The summed E-state index contributed by atoms with van der Waals surface area (Å²) < 4.78 is 0. The summed E-state index contributed by atoms with van der Waals surface area (Å²) in [5, 5.41) is 6.55. The zero-order valence-electron chi connectivity index (χ0n) is 11.3. The van der Waals surface area contributed by atoms with Crippen molar-refractivity contribution in [3.05, 3.63) is 46.2 Å². The molecule has 0 saturated carbocycles. The van der Waals surface area contributed by atoms with Gasteiger partial charge in [0.05, 0.1) is 11.7 Å². The first-order chi connectivity index (χ1) is 8.52. The first-order valence-electron chi connectivity index (χ1n) is 6.05. The Morgan fingerprint density at radius 3 is 2.61 bits per heavy atom. The smallest absolute Gasteiger partial charge is 0.114 e. The van der Waals surface area contributed by atoms with Crippen molar-refractivity contribution < 1.29 is 0 Å². The van der Waals surface area contributed by atoms with Crippen molar-refractivity contribution in [1.82, 2.24) is 15.3 Å². The maximum atomic E-state index is 4.76. The summed E-state index contributed by atoms with van der Waals surface area (Å²) in [6, 6.07) is 4.16. The number of nitrogens with one attached hydrogen (secondary N) is 1. The molecule has 0 aromatic carbocycles. The molecular weight excluding hydrogens is 242 g/mol. The quantitative estimate of drug-likeness (QED) is 0.922. The molecule has 0 spiro atoms. The SMILES string of the molecule is CNC(c1cccnc1)c1nc(C(C)(C)C)cs1. The molecule has 2 heterocycles. The topological polar surface area (TPSA) is 37.8 Å². The van der Waals surface area contributed by atoms with E-state index in [1.54, 1.807) is 17.5 Å². The van der Waals surface area contributed by atoms with Crippen molar-refractivity contribution in [2.75, 3.05) is 7.05 Å². The van der Waals surface area contributed by atoms with Crippen molar-refractivity contribution in [3.63, 3.8) is 0 Å². The third-order valence-electron chi connectivity index (χ3n) is 2.84. The van der Waals surface area contributed by atoms with Crippen molar-refractivity contribution in [3.8, 4) is 0 Å². The van der Waals surface area contributed by atoms with Gasteiger partial charge in [-0.1, -0.05) is 26.8 Å². The molecule has 2 aromatic heterocycles. The maximum absolute atomic E-state index is 4.76. The van der Waals surface area contributed by atoms with E-state index in [2.05, 4.69) is 42.5 Å². The zero-order chi connectivity index (χ0) is 13.2. The van der Waals surface area contributed by atoms with Gasteiger partial charge in [-0.05, 0) is 18.7 Å². The number of rotatable bonds is 3. The maximum Gasteiger partial charge on any atom is 0.114 e. The van der Waals surface area contributed by atoms with Crippen molar-refractivity contribution >= 4 is 11.3 Å². The fourth-order valence-corrected chi connectivity index (χ4v) is 2.92. The van der Waals surface area contributed by atoms with Crippen LogP contribution in [0.25, 0.3) is 0 Å². The van der Waals surface area contributed by atoms with E-state index in [1.165, 1.54) is 0 Å². The molecule has 3 nitrogen and oxygen atoms in total. The Kier molecular flexibility index (Phi) is 3.78. The second-order valence-electron chi connectivity index (χ2n) is 5.33. The number of thiazole rings is 1. The summed E-state index contributed by atoms with van der Waals surface area (Å²) in [6.45, 7) is 6.55. The Morgan fingerprint density at radius 1 is 1.33 bits per heavy atom. The predicted molar refractivity (Wildman–Crippen MR) is 76.0 cm³/mol. The molecule has 1 N–H and O–H groups in total. The van der Waals surface area contributed by atoms with Crippen LogP contribution in [0.2, 0.25) is 0 Å². The molecule has 0 aliphatic rings. The van der Waals surface area contributed by atoms with Gasteiger partial charge in [-0.15, -0.1) is 11.3 Å². The summed E-state index contributed by atoms with van der Waals surface area (Å²) in [5.74, 6) is 0. The van der Waals surface area contributed by atoms with Crippen LogP contribution >= 0.6 is 11.3 Å². The molecule has 0 aliphatic carbocycles. The predicted octanol–water partition coefficient (Wildman–Crippen LogP) is 3.14. The van der Waals surface area contributed by atoms with Crippen LogP contribution in [0, 0.1) is 0 Å². The number of hydrogen-bond acceptors (Lipinski definition) is 4. The van der Waals surface area contributed by atoms with Crippen LogP contribution in [0.4, 0.5) is 0 Å². The molecule has 0 saturated heterocycles. The number of hydrogen-bond donors (Lipinski definition) is 1. The summed E-state index contributed by atoms with van der Waals surface area (Å²) in [7, 11) is 1.95. The molecule has 0 radical (unpaired) electrons. The lowest BCUT2D eigenvalue weighted by Gasteiger charge is -2.16. The van der Waals surface area contributed by atoms with Gasteiger partial charge in [-0.3, -0.25) is 4.98 Å². The monoisotopic (exact) mass is 261 g/mol. The van der Waals surface area contributed by atoms with Crippen LogP contribution in [0.3, 0.4) is 0 Å². The third-order valence-corrected chi connectivity index (χ3v) is 3.75. The van der Waals surface area contributed by atoms with Gasteiger partial charge in [0, 0.05) is 23.2 Å². The largest absolute Gasteiger partial charge is 0.307 e. The van der Waals surface area contributed by atoms with Crippen LogP contribution in [-0.4, -0.2) is 17.0 Å². The molecule has 1 atom stereocenters. The molecule has 18 heavy (non-hydrogen) atoms. The molecule has 0 fully saturated rings. The van der Waals surface area contributed by atoms with Crippen molar-refractivity contribution in [2.24, 2.45) is 0 Å². The highest BCUT2D eigenvalue weighted by Gasteiger charge is 2.21. The Balaban J connectivity index is 2.32. The van der Waals surface area contributed by atoms with Crippen molar-refractivity contribution in [1.29, 1.82) is 0 Å². The van der Waals surface area contributed by atoms with E-state index in [4.69, 9.17) is 4.98 Å². The average Bonchev–Trinajstić information content (AvgIpc) is 2.81. The van der Waals surface area contributed by atoms with Crippen LogP contribution in [0.5, 0.6) is 0 Å². The van der Waals surface area contributed by atoms with Gasteiger partial charge < -0.3 is 5.32 Å². The van der Waals surface area contributed by atoms with E-state index >= 15 is 0 Å². The summed E-state index contributed by atoms with van der Waals surface area (Å²) >= 11 is 1.70. The molecule has 2 aromatic rings. The number of aromatic nitrogens is 2. The number of nitrogens with zero attached hydrogens (tertiary/aromatic N) is 2. The molecule has 0 amide bonds. The minimum atomic E-state index is 0.0992. The van der Waals surface area contributed by atoms with E-state index in [0.29, 0.717) is 0 Å². The average molecular weight is 261 g/mol. The first kappa shape index (κ1) is 13.2. The van der Waals surface area contributed by atoms with Gasteiger partial charge in [0.1, 0.15) is 5.01 Å².